The Balaban J connectivity index is 1.54. The Morgan fingerprint density at radius 2 is 2.11 bits per heavy atom. The highest BCUT2D eigenvalue weighted by Gasteiger charge is 2.42. The van der Waals surface area contributed by atoms with Crippen molar-refractivity contribution in [3.63, 3.8) is 0 Å². The minimum atomic E-state index is -2.95. The molecule has 1 aliphatic heterocycles. The third-order valence-corrected chi connectivity index (χ3v) is 7.18. The van der Waals surface area contributed by atoms with Crippen molar-refractivity contribution in [2.24, 2.45) is 17.8 Å². The van der Waals surface area contributed by atoms with E-state index in [0.29, 0.717) is 18.8 Å². The molecule has 0 aromatic rings. The van der Waals surface area contributed by atoms with Gasteiger partial charge in [0.05, 0.1) is 17.0 Å². The summed E-state index contributed by atoms with van der Waals surface area (Å²) < 4.78 is 23.1. The van der Waals surface area contributed by atoms with Crippen LogP contribution >= 0.6 is 0 Å². The lowest BCUT2D eigenvalue weighted by atomic mass is 9.86. The van der Waals surface area contributed by atoms with Gasteiger partial charge in [0.1, 0.15) is 0 Å². The lowest BCUT2D eigenvalue weighted by Gasteiger charge is -2.27. The first kappa shape index (κ1) is 13.4. The van der Waals surface area contributed by atoms with Crippen LogP contribution in [0.4, 0.5) is 0 Å². The number of hydrogen-bond donors (Lipinski definition) is 1. The average Bonchev–Trinajstić information content (AvgIpc) is 2.92. The highest BCUT2D eigenvalue weighted by atomic mass is 32.2. The fourth-order valence-electron chi connectivity index (χ4n) is 4.36. The molecule has 1 amide bonds. The van der Waals surface area contributed by atoms with E-state index >= 15 is 0 Å². The van der Waals surface area contributed by atoms with Crippen LogP contribution in [-0.4, -0.2) is 31.4 Å². The minimum Gasteiger partial charge on any atom is -0.350 e. The molecule has 0 aromatic heterocycles. The van der Waals surface area contributed by atoms with Crippen molar-refractivity contribution in [3.05, 3.63) is 0 Å². The van der Waals surface area contributed by atoms with Crippen LogP contribution in [0.15, 0.2) is 0 Å². The van der Waals surface area contributed by atoms with Crippen LogP contribution in [0.1, 0.15) is 45.4 Å². The van der Waals surface area contributed by atoms with Gasteiger partial charge in [0.25, 0.3) is 0 Å². The molecule has 1 saturated heterocycles. The van der Waals surface area contributed by atoms with Gasteiger partial charge >= 0.3 is 0 Å². The van der Waals surface area contributed by atoms with E-state index in [9.17, 15) is 13.2 Å². The molecule has 1 heterocycles. The van der Waals surface area contributed by atoms with Gasteiger partial charge in [0.15, 0.2) is 9.84 Å². The van der Waals surface area contributed by atoms with Crippen LogP contribution in [0.25, 0.3) is 0 Å². The smallest absolute Gasteiger partial charge is 0.220 e. The van der Waals surface area contributed by atoms with Gasteiger partial charge in [-0.25, -0.2) is 8.42 Å². The Bertz CT molecular complexity index is 487. The largest absolute Gasteiger partial charge is 0.350 e. The average molecular weight is 285 g/mol. The maximum absolute atomic E-state index is 12.1. The van der Waals surface area contributed by atoms with Crippen LogP contribution in [0, 0.1) is 17.8 Å². The van der Waals surface area contributed by atoms with E-state index in [0.717, 1.165) is 11.8 Å². The predicted octanol–water partition coefficient (Wildman–Crippen LogP) is 1.51. The van der Waals surface area contributed by atoms with E-state index in [-0.39, 0.29) is 17.4 Å². The van der Waals surface area contributed by atoms with Gasteiger partial charge in [0, 0.05) is 6.42 Å². The highest BCUT2D eigenvalue weighted by molar-refractivity contribution is 7.91. The highest BCUT2D eigenvalue weighted by Crippen LogP contribution is 2.49. The Kier molecular flexibility index (Phi) is 3.15. The van der Waals surface area contributed by atoms with E-state index in [1.807, 2.05) is 6.92 Å². The molecule has 0 radical (unpaired) electrons. The molecule has 4 atom stereocenters. The first-order valence-corrected chi connectivity index (χ1v) is 9.19. The second-order valence-electron chi connectivity index (χ2n) is 7.09. The topological polar surface area (TPSA) is 63.2 Å². The Hall–Kier alpha value is -0.580. The number of carbonyl (C=O) groups excluding carboxylic acids is 1. The molecule has 3 aliphatic rings. The number of carbonyl (C=O) groups is 1. The molecule has 2 bridgehead atoms. The predicted molar refractivity (Wildman–Crippen MR) is 73.4 cm³/mol. The first-order chi connectivity index (χ1) is 8.85. The summed E-state index contributed by atoms with van der Waals surface area (Å²) >= 11 is 0. The molecule has 0 aromatic carbocycles. The van der Waals surface area contributed by atoms with Crippen LogP contribution < -0.4 is 5.32 Å². The van der Waals surface area contributed by atoms with Gasteiger partial charge in [-0.2, -0.15) is 0 Å². The zero-order valence-corrected chi connectivity index (χ0v) is 12.3. The molecule has 2 saturated carbocycles. The molecule has 5 heteroatoms. The standard InChI is InChI=1S/C14H23NO3S/c1-14(4-5-19(17,18)9-14)15-13(16)8-12-7-10-2-3-11(12)6-10/h10-12H,2-9H2,1H3,(H,15,16). The second-order valence-corrected chi connectivity index (χ2v) is 9.27. The van der Waals surface area contributed by atoms with Gasteiger partial charge in [-0.15, -0.1) is 0 Å². The van der Waals surface area contributed by atoms with Crippen LogP contribution in [-0.2, 0) is 14.6 Å². The van der Waals surface area contributed by atoms with Gasteiger partial charge in [-0.05, 0) is 50.4 Å². The zero-order valence-electron chi connectivity index (χ0n) is 11.5. The van der Waals surface area contributed by atoms with Crippen molar-refractivity contribution in [1.82, 2.24) is 5.32 Å². The molecule has 0 spiro atoms. The van der Waals surface area contributed by atoms with Gasteiger partial charge in [0.2, 0.25) is 5.91 Å². The van der Waals surface area contributed by atoms with Crippen molar-refractivity contribution in [1.29, 1.82) is 0 Å². The van der Waals surface area contributed by atoms with E-state index in [4.69, 9.17) is 0 Å². The zero-order chi connectivity index (χ0) is 13.7. The van der Waals surface area contributed by atoms with Crippen molar-refractivity contribution in [2.75, 3.05) is 11.5 Å². The van der Waals surface area contributed by atoms with Gasteiger partial charge in [-0.3, -0.25) is 4.79 Å². The summed E-state index contributed by atoms with van der Waals surface area (Å²) in [6.45, 7) is 1.86. The molecule has 3 rings (SSSR count). The number of sulfone groups is 1. The Labute approximate surface area is 115 Å². The second kappa shape index (κ2) is 4.47. The molecule has 108 valence electrons. The molecule has 1 N–H and O–H groups in total. The summed E-state index contributed by atoms with van der Waals surface area (Å²) in [5.74, 6) is 2.50. The van der Waals surface area contributed by atoms with Crippen LogP contribution in [0.3, 0.4) is 0 Å². The normalized spacial score (nSPS) is 43.5. The van der Waals surface area contributed by atoms with E-state index in [1.54, 1.807) is 0 Å². The van der Waals surface area contributed by atoms with Crippen LogP contribution in [0.2, 0.25) is 0 Å². The fourth-order valence-corrected chi connectivity index (χ4v) is 6.45. The number of fused-ring (bicyclic) bond motifs is 2. The molecule has 3 fully saturated rings. The van der Waals surface area contributed by atoms with Gasteiger partial charge < -0.3 is 5.32 Å². The molecule has 4 nitrogen and oxygen atoms in total. The van der Waals surface area contributed by atoms with E-state index < -0.39 is 15.4 Å². The maximum atomic E-state index is 12.1. The number of nitrogens with one attached hydrogen (secondary N) is 1. The quantitative estimate of drug-likeness (QED) is 0.855. The lowest BCUT2D eigenvalue weighted by Crippen LogP contribution is -2.47. The van der Waals surface area contributed by atoms with E-state index in [1.165, 1.54) is 25.7 Å². The summed E-state index contributed by atoms with van der Waals surface area (Å²) in [5, 5.41) is 2.98. The monoisotopic (exact) mass is 285 g/mol. The summed E-state index contributed by atoms with van der Waals surface area (Å²) in [6.07, 6.45) is 6.29. The summed E-state index contributed by atoms with van der Waals surface area (Å²) in [5.41, 5.74) is -0.534. The lowest BCUT2D eigenvalue weighted by molar-refractivity contribution is -0.123. The molecule has 4 unspecified atom stereocenters. The van der Waals surface area contributed by atoms with Crippen molar-refractivity contribution in [3.8, 4) is 0 Å². The molecular formula is C14H23NO3S. The first-order valence-electron chi connectivity index (χ1n) is 7.37. The Morgan fingerprint density at radius 3 is 2.63 bits per heavy atom. The minimum absolute atomic E-state index is 0.0529. The number of rotatable bonds is 3. The van der Waals surface area contributed by atoms with E-state index in [2.05, 4.69) is 5.32 Å². The van der Waals surface area contributed by atoms with Crippen molar-refractivity contribution in [2.45, 2.75) is 51.0 Å². The van der Waals surface area contributed by atoms with Crippen LogP contribution in [0.5, 0.6) is 0 Å². The fraction of sp³-hybridized carbons (Fsp3) is 0.929. The summed E-state index contributed by atoms with van der Waals surface area (Å²) in [7, 11) is -2.95. The molecular weight excluding hydrogens is 262 g/mol. The summed E-state index contributed by atoms with van der Waals surface area (Å²) in [6, 6.07) is 0. The molecule has 2 aliphatic carbocycles. The summed E-state index contributed by atoms with van der Waals surface area (Å²) in [4.78, 5) is 12.1. The maximum Gasteiger partial charge on any atom is 0.220 e. The van der Waals surface area contributed by atoms with Crippen molar-refractivity contribution < 1.29 is 13.2 Å². The third-order valence-electron chi connectivity index (χ3n) is 5.28. The Morgan fingerprint density at radius 1 is 1.32 bits per heavy atom. The number of hydrogen-bond acceptors (Lipinski definition) is 3. The van der Waals surface area contributed by atoms with Crippen molar-refractivity contribution >= 4 is 15.7 Å². The van der Waals surface area contributed by atoms with Gasteiger partial charge in [-0.1, -0.05) is 6.42 Å². The third kappa shape index (κ3) is 2.81. The SMILES string of the molecule is CC1(NC(=O)CC2CC3CCC2C3)CCS(=O)(=O)C1. The number of amides is 1. The molecule has 19 heavy (non-hydrogen) atoms.